The first kappa shape index (κ1) is 15.7. The molecule has 1 atom stereocenters. The maximum atomic E-state index is 6.09. The van der Waals surface area contributed by atoms with Gasteiger partial charge >= 0.3 is 0 Å². The maximum Gasteiger partial charge on any atom is 0.179 e. The van der Waals surface area contributed by atoms with Crippen LogP contribution < -0.4 is 9.47 Å². The summed E-state index contributed by atoms with van der Waals surface area (Å²) in [5.74, 6) is 1.17. The quantitative estimate of drug-likeness (QED) is 0.782. The van der Waals surface area contributed by atoms with Crippen molar-refractivity contribution in [1.82, 2.24) is 4.90 Å². The zero-order valence-electron chi connectivity index (χ0n) is 12.0. The summed E-state index contributed by atoms with van der Waals surface area (Å²) in [6.45, 7) is 5.16. The summed E-state index contributed by atoms with van der Waals surface area (Å²) >= 11 is 12.1. The highest BCUT2D eigenvalue weighted by Gasteiger charge is 2.22. The van der Waals surface area contributed by atoms with Crippen LogP contribution in [0.2, 0.25) is 10.0 Å². The van der Waals surface area contributed by atoms with E-state index in [9.17, 15) is 0 Å². The number of benzene rings is 1. The lowest BCUT2D eigenvalue weighted by Crippen LogP contribution is -2.30. The number of hydrogen-bond donors (Lipinski definition) is 0. The molecule has 1 aliphatic rings. The second-order valence-corrected chi connectivity index (χ2v) is 5.82. The molecule has 1 aromatic rings. The number of methoxy groups -OCH3 is 1. The first-order chi connectivity index (χ1) is 9.65. The van der Waals surface area contributed by atoms with Crippen molar-refractivity contribution in [2.45, 2.75) is 32.2 Å². The lowest BCUT2D eigenvalue weighted by molar-refractivity contribution is 0.208. The van der Waals surface area contributed by atoms with Crippen LogP contribution in [0.25, 0.3) is 0 Å². The number of nitrogens with zero attached hydrogens (tertiary/aromatic N) is 1. The molecule has 0 bridgehead atoms. The zero-order chi connectivity index (χ0) is 14.5. The molecular formula is C15H21Cl2NO2. The topological polar surface area (TPSA) is 21.7 Å². The van der Waals surface area contributed by atoms with Crippen LogP contribution in [0.1, 0.15) is 26.2 Å². The van der Waals surface area contributed by atoms with E-state index < -0.39 is 0 Å². The third-order valence-electron chi connectivity index (χ3n) is 3.79. The lowest BCUT2D eigenvalue weighted by atomic mass is 10.1. The SMILES string of the molecule is CCN1CCC[C@H]1CCOc1cc(Cl)cc(Cl)c1OC. The van der Waals surface area contributed by atoms with Crippen LogP contribution in [0.15, 0.2) is 12.1 Å². The first-order valence-electron chi connectivity index (χ1n) is 7.05. The summed E-state index contributed by atoms with van der Waals surface area (Å²) in [6, 6.07) is 4.03. The van der Waals surface area contributed by atoms with Crippen molar-refractivity contribution in [2.24, 2.45) is 0 Å². The lowest BCUT2D eigenvalue weighted by Gasteiger charge is -2.22. The van der Waals surface area contributed by atoms with E-state index in [1.807, 2.05) is 0 Å². The van der Waals surface area contributed by atoms with Crippen LogP contribution in [-0.2, 0) is 0 Å². The van der Waals surface area contributed by atoms with Crippen molar-refractivity contribution in [1.29, 1.82) is 0 Å². The van der Waals surface area contributed by atoms with E-state index in [4.69, 9.17) is 32.7 Å². The molecule has 5 heteroatoms. The van der Waals surface area contributed by atoms with E-state index in [1.54, 1.807) is 19.2 Å². The molecule has 0 N–H and O–H groups in total. The molecule has 0 spiro atoms. The van der Waals surface area contributed by atoms with E-state index in [2.05, 4.69) is 11.8 Å². The van der Waals surface area contributed by atoms with Crippen molar-refractivity contribution in [2.75, 3.05) is 26.8 Å². The summed E-state index contributed by atoms with van der Waals surface area (Å²) in [5.41, 5.74) is 0. The highest BCUT2D eigenvalue weighted by Crippen LogP contribution is 2.38. The molecule has 3 nitrogen and oxygen atoms in total. The van der Waals surface area contributed by atoms with Crippen LogP contribution in [0.3, 0.4) is 0 Å². The molecular weight excluding hydrogens is 297 g/mol. The van der Waals surface area contributed by atoms with Crippen molar-refractivity contribution < 1.29 is 9.47 Å². The molecule has 1 saturated heterocycles. The molecule has 1 aromatic carbocycles. The van der Waals surface area contributed by atoms with Gasteiger partial charge < -0.3 is 14.4 Å². The van der Waals surface area contributed by atoms with Gasteiger partial charge in [-0.05, 0) is 38.4 Å². The second kappa shape index (κ2) is 7.39. The summed E-state index contributed by atoms with van der Waals surface area (Å²) in [5, 5.41) is 1.04. The highest BCUT2D eigenvalue weighted by molar-refractivity contribution is 6.35. The van der Waals surface area contributed by atoms with Gasteiger partial charge in [0.1, 0.15) is 0 Å². The average Bonchev–Trinajstić information content (AvgIpc) is 2.86. The Labute approximate surface area is 130 Å². The summed E-state index contributed by atoms with van der Waals surface area (Å²) < 4.78 is 11.1. The van der Waals surface area contributed by atoms with Gasteiger partial charge in [0, 0.05) is 17.1 Å². The van der Waals surface area contributed by atoms with Crippen molar-refractivity contribution in [3.63, 3.8) is 0 Å². The molecule has 112 valence electrons. The molecule has 1 aliphatic heterocycles. The van der Waals surface area contributed by atoms with Gasteiger partial charge in [0.15, 0.2) is 11.5 Å². The van der Waals surface area contributed by atoms with Crippen molar-refractivity contribution in [3.8, 4) is 11.5 Å². The predicted octanol–water partition coefficient (Wildman–Crippen LogP) is 4.26. The monoisotopic (exact) mass is 317 g/mol. The largest absolute Gasteiger partial charge is 0.491 e. The minimum absolute atomic E-state index is 0.478. The van der Waals surface area contributed by atoms with Gasteiger partial charge in [-0.1, -0.05) is 30.1 Å². The number of likely N-dealkylation sites (tertiary alicyclic amines) is 1. The van der Waals surface area contributed by atoms with E-state index in [1.165, 1.54) is 19.4 Å². The zero-order valence-corrected chi connectivity index (χ0v) is 13.5. The Morgan fingerprint density at radius 1 is 1.35 bits per heavy atom. The van der Waals surface area contributed by atoms with Crippen LogP contribution in [0, 0.1) is 0 Å². The van der Waals surface area contributed by atoms with Crippen molar-refractivity contribution in [3.05, 3.63) is 22.2 Å². The summed E-state index contributed by atoms with van der Waals surface area (Å²) in [7, 11) is 1.58. The Balaban J connectivity index is 1.94. The van der Waals surface area contributed by atoms with E-state index in [0.29, 0.717) is 34.2 Å². The van der Waals surface area contributed by atoms with Gasteiger partial charge in [0.2, 0.25) is 0 Å². The molecule has 1 fully saturated rings. The van der Waals surface area contributed by atoms with Crippen LogP contribution in [0.5, 0.6) is 11.5 Å². The standard InChI is InChI=1S/C15H21Cl2NO2/c1-3-18-7-4-5-12(18)6-8-20-14-10-11(16)9-13(17)15(14)19-2/h9-10,12H,3-8H2,1-2H3/t12-/m0/s1. The molecule has 0 radical (unpaired) electrons. The predicted molar refractivity (Wildman–Crippen MR) is 83.4 cm³/mol. The van der Waals surface area contributed by atoms with Crippen LogP contribution in [0.4, 0.5) is 0 Å². The van der Waals surface area contributed by atoms with Crippen molar-refractivity contribution >= 4 is 23.2 Å². The fourth-order valence-electron chi connectivity index (χ4n) is 2.79. The van der Waals surface area contributed by atoms with E-state index in [-0.39, 0.29) is 0 Å². The smallest absolute Gasteiger partial charge is 0.179 e. The summed E-state index contributed by atoms with van der Waals surface area (Å²) in [6.07, 6.45) is 3.55. The Hall–Kier alpha value is -0.640. The van der Waals surface area contributed by atoms with E-state index >= 15 is 0 Å². The molecule has 0 unspecified atom stereocenters. The molecule has 0 amide bonds. The third kappa shape index (κ3) is 3.72. The van der Waals surface area contributed by atoms with E-state index in [0.717, 1.165) is 13.0 Å². The Morgan fingerprint density at radius 3 is 2.85 bits per heavy atom. The number of rotatable bonds is 6. The van der Waals surface area contributed by atoms with Gasteiger partial charge in [-0.15, -0.1) is 0 Å². The Bertz CT molecular complexity index is 454. The number of ether oxygens (including phenoxy) is 2. The molecule has 0 aromatic heterocycles. The second-order valence-electron chi connectivity index (χ2n) is 4.98. The van der Waals surface area contributed by atoms with Gasteiger partial charge in [-0.25, -0.2) is 0 Å². The molecule has 20 heavy (non-hydrogen) atoms. The summed E-state index contributed by atoms with van der Waals surface area (Å²) in [4.78, 5) is 2.51. The minimum atomic E-state index is 0.478. The normalized spacial score (nSPS) is 19.3. The Morgan fingerprint density at radius 2 is 2.15 bits per heavy atom. The molecule has 1 heterocycles. The van der Waals surface area contributed by atoms with Crippen LogP contribution in [-0.4, -0.2) is 37.7 Å². The average molecular weight is 318 g/mol. The fourth-order valence-corrected chi connectivity index (χ4v) is 3.34. The molecule has 0 saturated carbocycles. The van der Waals surface area contributed by atoms with Gasteiger partial charge in [-0.2, -0.15) is 0 Å². The minimum Gasteiger partial charge on any atom is -0.491 e. The van der Waals surface area contributed by atoms with Gasteiger partial charge in [0.05, 0.1) is 18.7 Å². The van der Waals surface area contributed by atoms with Gasteiger partial charge in [-0.3, -0.25) is 0 Å². The highest BCUT2D eigenvalue weighted by atomic mass is 35.5. The number of hydrogen-bond acceptors (Lipinski definition) is 3. The fraction of sp³-hybridized carbons (Fsp3) is 0.600. The molecule has 0 aliphatic carbocycles. The van der Waals surface area contributed by atoms with Gasteiger partial charge in [0.25, 0.3) is 0 Å². The Kier molecular flexibility index (Phi) is 5.82. The third-order valence-corrected chi connectivity index (χ3v) is 4.29. The number of halogens is 2. The first-order valence-corrected chi connectivity index (χ1v) is 7.81. The maximum absolute atomic E-state index is 6.09. The van der Waals surface area contributed by atoms with Crippen LogP contribution >= 0.6 is 23.2 Å². The molecule has 2 rings (SSSR count).